The molecule has 0 aliphatic heterocycles. The first-order valence-corrected chi connectivity index (χ1v) is 6.14. The van der Waals surface area contributed by atoms with Gasteiger partial charge < -0.3 is 21.1 Å². The molecule has 19 heavy (non-hydrogen) atoms. The maximum absolute atomic E-state index is 11.8. The lowest BCUT2D eigenvalue weighted by atomic mass is 10.0. The number of carbonyl (C=O) groups is 3. The highest BCUT2D eigenvalue weighted by Gasteiger charge is 2.27. The highest BCUT2D eigenvalue weighted by Crippen LogP contribution is 2.04. The number of nitrogens with one attached hydrogen (secondary N) is 2. The number of nitrogens with two attached hydrogens (primary N) is 1. The maximum Gasteiger partial charge on any atom is 0.328 e. The van der Waals surface area contributed by atoms with E-state index in [2.05, 4.69) is 15.4 Å². The Hall–Kier alpha value is -1.79. The van der Waals surface area contributed by atoms with Gasteiger partial charge in [-0.1, -0.05) is 27.7 Å². The Morgan fingerprint density at radius 1 is 0.947 bits per heavy atom. The summed E-state index contributed by atoms with van der Waals surface area (Å²) in [5.74, 6) is -1.43. The van der Waals surface area contributed by atoms with Gasteiger partial charge in [0, 0.05) is 0 Å². The third kappa shape index (κ3) is 5.58. The number of ether oxygens (including phenoxy) is 1. The number of hydrogen-bond donors (Lipinski definition) is 3. The number of esters is 1. The van der Waals surface area contributed by atoms with Crippen LogP contribution in [-0.2, 0) is 14.3 Å². The summed E-state index contributed by atoms with van der Waals surface area (Å²) in [6, 6.07) is -2.18. The van der Waals surface area contributed by atoms with E-state index in [1.54, 1.807) is 27.7 Å². The minimum atomic E-state index is -0.787. The normalized spacial score (nSPS) is 13.8. The lowest BCUT2D eigenvalue weighted by molar-refractivity contribution is -0.143. The molecule has 0 aromatic heterocycles. The van der Waals surface area contributed by atoms with E-state index in [0.717, 1.165) is 0 Å². The molecule has 0 aromatic rings. The molecule has 0 aliphatic carbocycles. The third-order valence-electron chi connectivity index (χ3n) is 2.67. The van der Waals surface area contributed by atoms with Crippen LogP contribution in [0, 0.1) is 11.8 Å². The number of urea groups is 1. The zero-order valence-corrected chi connectivity index (χ0v) is 12.0. The quantitative estimate of drug-likeness (QED) is 0.591. The smallest absolute Gasteiger partial charge is 0.328 e. The fourth-order valence-corrected chi connectivity index (χ4v) is 1.52. The molecule has 0 unspecified atom stereocenters. The van der Waals surface area contributed by atoms with Crippen molar-refractivity contribution in [3.63, 3.8) is 0 Å². The first-order valence-electron chi connectivity index (χ1n) is 6.14. The highest BCUT2D eigenvalue weighted by atomic mass is 16.5. The van der Waals surface area contributed by atoms with Crippen molar-refractivity contribution in [1.29, 1.82) is 0 Å². The summed E-state index contributed by atoms with van der Waals surface area (Å²) in [6.07, 6.45) is 0. The van der Waals surface area contributed by atoms with Crippen molar-refractivity contribution in [1.82, 2.24) is 10.6 Å². The van der Waals surface area contributed by atoms with E-state index in [4.69, 9.17) is 5.73 Å². The van der Waals surface area contributed by atoms with E-state index in [-0.39, 0.29) is 11.8 Å². The number of rotatable bonds is 6. The summed E-state index contributed by atoms with van der Waals surface area (Å²) < 4.78 is 4.60. The molecule has 0 spiro atoms. The molecule has 0 rings (SSSR count). The number of primary amides is 1. The first kappa shape index (κ1) is 17.2. The fraction of sp³-hybridized carbons (Fsp3) is 0.750. The molecule has 0 saturated heterocycles. The number of hydrogen-bond acceptors (Lipinski definition) is 4. The molecule has 110 valence electrons. The van der Waals surface area contributed by atoms with Crippen molar-refractivity contribution < 1.29 is 19.1 Å². The predicted molar refractivity (Wildman–Crippen MR) is 70.1 cm³/mol. The van der Waals surface area contributed by atoms with Crippen molar-refractivity contribution in [2.45, 2.75) is 39.8 Å². The highest BCUT2D eigenvalue weighted by molar-refractivity contribution is 5.88. The Bertz CT molecular complexity index is 342. The van der Waals surface area contributed by atoms with Gasteiger partial charge in [-0.2, -0.15) is 0 Å². The minimum absolute atomic E-state index is 0.135. The van der Waals surface area contributed by atoms with E-state index in [1.165, 1.54) is 7.11 Å². The van der Waals surface area contributed by atoms with Crippen molar-refractivity contribution in [3.8, 4) is 0 Å². The second kappa shape index (κ2) is 7.60. The summed E-state index contributed by atoms with van der Waals surface area (Å²) in [6.45, 7) is 7.07. The van der Waals surface area contributed by atoms with Crippen LogP contribution < -0.4 is 16.4 Å². The van der Waals surface area contributed by atoms with Crippen LogP contribution in [0.3, 0.4) is 0 Å². The van der Waals surface area contributed by atoms with E-state index in [9.17, 15) is 14.4 Å². The molecule has 2 atom stereocenters. The van der Waals surface area contributed by atoms with E-state index in [0.29, 0.717) is 0 Å². The van der Waals surface area contributed by atoms with Crippen molar-refractivity contribution in [2.24, 2.45) is 17.6 Å². The molecule has 7 heteroatoms. The summed E-state index contributed by atoms with van der Waals surface area (Å²) >= 11 is 0. The second-order valence-electron chi connectivity index (χ2n) is 4.99. The van der Waals surface area contributed by atoms with Gasteiger partial charge in [-0.05, 0) is 11.8 Å². The van der Waals surface area contributed by atoms with E-state index >= 15 is 0 Å². The molecular formula is C12H23N3O4. The van der Waals surface area contributed by atoms with Crippen molar-refractivity contribution >= 4 is 17.9 Å². The van der Waals surface area contributed by atoms with Gasteiger partial charge in [0.05, 0.1) is 7.11 Å². The van der Waals surface area contributed by atoms with Crippen LogP contribution in [-0.4, -0.2) is 37.1 Å². The van der Waals surface area contributed by atoms with Crippen LogP contribution in [0.5, 0.6) is 0 Å². The van der Waals surface area contributed by atoms with Gasteiger partial charge in [-0.25, -0.2) is 9.59 Å². The molecule has 3 amide bonds. The van der Waals surface area contributed by atoms with Crippen LogP contribution in [0.1, 0.15) is 27.7 Å². The van der Waals surface area contributed by atoms with Gasteiger partial charge in [0.1, 0.15) is 12.1 Å². The SMILES string of the molecule is COC(=O)[C@H](NC(=O)N[C@H](C(N)=O)C(C)C)C(C)C. The summed E-state index contributed by atoms with van der Waals surface area (Å²) in [7, 11) is 1.25. The maximum atomic E-state index is 11.8. The van der Waals surface area contributed by atoms with Gasteiger partial charge in [0.25, 0.3) is 0 Å². The Balaban J connectivity index is 4.66. The third-order valence-corrected chi connectivity index (χ3v) is 2.67. The van der Waals surface area contributed by atoms with Gasteiger partial charge >= 0.3 is 12.0 Å². The Morgan fingerprint density at radius 3 is 1.68 bits per heavy atom. The fourth-order valence-electron chi connectivity index (χ4n) is 1.52. The van der Waals surface area contributed by atoms with Crippen LogP contribution >= 0.6 is 0 Å². The van der Waals surface area contributed by atoms with Crippen LogP contribution in [0.4, 0.5) is 4.79 Å². The van der Waals surface area contributed by atoms with Crippen molar-refractivity contribution in [2.75, 3.05) is 7.11 Å². The number of methoxy groups -OCH3 is 1. The topological polar surface area (TPSA) is 111 Å². The Kier molecular flexibility index (Phi) is 6.89. The molecule has 7 nitrogen and oxygen atoms in total. The molecule has 0 saturated carbocycles. The van der Waals surface area contributed by atoms with Crippen LogP contribution in [0.15, 0.2) is 0 Å². The second-order valence-corrected chi connectivity index (χ2v) is 4.99. The standard InChI is InChI=1S/C12H23N3O4/c1-6(2)8(10(13)16)14-12(18)15-9(7(3)4)11(17)19-5/h6-9H,1-5H3,(H2,13,16)(H2,14,15,18)/t8-,9+/m0/s1. The predicted octanol–water partition coefficient (Wildman–Crippen LogP) is -0.00690. The average molecular weight is 273 g/mol. The van der Waals surface area contributed by atoms with Gasteiger partial charge in [-0.3, -0.25) is 4.79 Å². The zero-order valence-electron chi connectivity index (χ0n) is 12.0. The molecular weight excluding hydrogens is 250 g/mol. The summed E-state index contributed by atoms with van der Waals surface area (Å²) in [5.41, 5.74) is 5.19. The zero-order chi connectivity index (χ0) is 15.2. The summed E-state index contributed by atoms with van der Waals surface area (Å²) in [4.78, 5) is 34.4. The lowest BCUT2D eigenvalue weighted by Crippen LogP contribution is -2.55. The lowest BCUT2D eigenvalue weighted by Gasteiger charge is -2.23. The minimum Gasteiger partial charge on any atom is -0.467 e. The molecule has 0 aliphatic rings. The molecule has 0 heterocycles. The summed E-state index contributed by atoms with van der Waals surface area (Å²) in [5, 5.41) is 4.92. The van der Waals surface area contributed by atoms with Crippen LogP contribution in [0.2, 0.25) is 0 Å². The molecule has 0 radical (unpaired) electrons. The molecule has 4 N–H and O–H groups in total. The number of amides is 3. The van der Waals surface area contributed by atoms with E-state index < -0.39 is 30.0 Å². The molecule has 0 fully saturated rings. The largest absolute Gasteiger partial charge is 0.467 e. The van der Waals surface area contributed by atoms with E-state index in [1.807, 2.05) is 0 Å². The van der Waals surface area contributed by atoms with Gasteiger partial charge in [0.2, 0.25) is 5.91 Å². The Labute approximate surface area is 113 Å². The first-order chi connectivity index (χ1) is 8.70. The Morgan fingerprint density at radius 2 is 1.37 bits per heavy atom. The average Bonchev–Trinajstić information content (AvgIpc) is 2.30. The van der Waals surface area contributed by atoms with Gasteiger partial charge in [-0.15, -0.1) is 0 Å². The monoisotopic (exact) mass is 273 g/mol. The molecule has 0 bridgehead atoms. The van der Waals surface area contributed by atoms with Gasteiger partial charge in [0.15, 0.2) is 0 Å². The van der Waals surface area contributed by atoms with Crippen LogP contribution in [0.25, 0.3) is 0 Å². The number of carbonyl (C=O) groups excluding carboxylic acids is 3. The molecule has 0 aromatic carbocycles. The van der Waals surface area contributed by atoms with Crippen molar-refractivity contribution in [3.05, 3.63) is 0 Å².